The van der Waals surface area contributed by atoms with Crippen LogP contribution in [0.2, 0.25) is 0 Å². The molecule has 0 spiro atoms. The van der Waals surface area contributed by atoms with Crippen molar-refractivity contribution in [2.75, 3.05) is 0 Å². The van der Waals surface area contributed by atoms with Gasteiger partial charge in [-0.05, 0) is 25.7 Å². The molecule has 3 atom stereocenters. The van der Waals surface area contributed by atoms with Crippen LogP contribution >= 0.6 is 0 Å². The topological polar surface area (TPSA) is 26.3 Å². The van der Waals surface area contributed by atoms with E-state index in [1.165, 1.54) is 6.42 Å². The minimum Gasteiger partial charge on any atom is -0.462 e. The van der Waals surface area contributed by atoms with Crippen molar-refractivity contribution < 1.29 is 9.53 Å². The lowest BCUT2D eigenvalue weighted by molar-refractivity contribution is -0.143. The van der Waals surface area contributed by atoms with Crippen molar-refractivity contribution in [2.24, 2.45) is 11.8 Å². The first-order chi connectivity index (χ1) is 5.33. The van der Waals surface area contributed by atoms with Crippen LogP contribution < -0.4 is 0 Å². The smallest absolute Gasteiger partial charge is 0.309 e. The van der Waals surface area contributed by atoms with Gasteiger partial charge in [-0.1, -0.05) is 6.92 Å². The lowest BCUT2D eigenvalue weighted by Crippen LogP contribution is -2.24. The second-order valence-electron chi connectivity index (χ2n) is 3.58. The molecule has 2 fully saturated rings. The summed E-state index contributed by atoms with van der Waals surface area (Å²) in [4.78, 5) is 11.2. The van der Waals surface area contributed by atoms with E-state index in [0.717, 1.165) is 19.3 Å². The number of fused-ring (bicyclic) bond motifs is 2. The Morgan fingerprint density at radius 1 is 1.55 bits per heavy atom. The van der Waals surface area contributed by atoms with Crippen molar-refractivity contribution in [2.45, 2.75) is 38.7 Å². The standard InChI is InChI=1S/C9H14O2/c1-2-6-7-4-3-5-8(6)11-9(7)10/h6-8H,2-5H2,1H3. The van der Waals surface area contributed by atoms with Crippen LogP contribution in [0, 0.1) is 11.8 Å². The molecule has 62 valence electrons. The summed E-state index contributed by atoms with van der Waals surface area (Å²) in [5, 5.41) is 0. The van der Waals surface area contributed by atoms with E-state index in [4.69, 9.17) is 4.74 Å². The summed E-state index contributed by atoms with van der Waals surface area (Å²) in [5.41, 5.74) is 0. The van der Waals surface area contributed by atoms with E-state index in [-0.39, 0.29) is 18.0 Å². The zero-order chi connectivity index (χ0) is 7.84. The summed E-state index contributed by atoms with van der Waals surface area (Å²) in [6.45, 7) is 2.15. The fourth-order valence-corrected chi connectivity index (χ4v) is 2.45. The molecular weight excluding hydrogens is 140 g/mol. The quantitative estimate of drug-likeness (QED) is 0.538. The highest BCUT2D eigenvalue weighted by molar-refractivity contribution is 5.75. The zero-order valence-corrected chi connectivity index (χ0v) is 6.88. The Bertz CT molecular complexity index is 176. The molecule has 0 aromatic rings. The number of rotatable bonds is 1. The second-order valence-corrected chi connectivity index (χ2v) is 3.58. The number of carbonyl (C=O) groups excluding carboxylic acids is 1. The van der Waals surface area contributed by atoms with E-state index in [0.29, 0.717) is 5.92 Å². The molecule has 2 nitrogen and oxygen atoms in total. The molecule has 1 saturated heterocycles. The average Bonchev–Trinajstić information content (AvgIpc) is 2.17. The molecule has 2 rings (SSSR count). The number of carbonyl (C=O) groups is 1. The molecule has 0 amide bonds. The maximum absolute atomic E-state index is 11.2. The monoisotopic (exact) mass is 154 g/mol. The van der Waals surface area contributed by atoms with Gasteiger partial charge in [-0.2, -0.15) is 0 Å². The van der Waals surface area contributed by atoms with Gasteiger partial charge < -0.3 is 4.74 Å². The van der Waals surface area contributed by atoms with Crippen molar-refractivity contribution in [1.82, 2.24) is 0 Å². The molecule has 1 heterocycles. The molecule has 2 bridgehead atoms. The maximum Gasteiger partial charge on any atom is 0.309 e. The Morgan fingerprint density at radius 3 is 2.91 bits per heavy atom. The summed E-state index contributed by atoms with van der Waals surface area (Å²) in [6, 6.07) is 0. The highest BCUT2D eigenvalue weighted by Gasteiger charge is 2.45. The Kier molecular flexibility index (Phi) is 1.63. The number of hydrogen-bond acceptors (Lipinski definition) is 2. The minimum absolute atomic E-state index is 0.0688. The third-order valence-corrected chi connectivity index (χ3v) is 3.04. The fourth-order valence-electron chi connectivity index (χ4n) is 2.45. The van der Waals surface area contributed by atoms with Crippen molar-refractivity contribution in [3.63, 3.8) is 0 Å². The first-order valence-electron chi connectivity index (χ1n) is 4.53. The van der Waals surface area contributed by atoms with Gasteiger partial charge in [-0.3, -0.25) is 4.79 Å². The third kappa shape index (κ3) is 0.959. The first kappa shape index (κ1) is 7.14. The van der Waals surface area contributed by atoms with Gasteiger partial charge in [0.2, 0.25) is 0 Å². The molecule has 0 N–H and O–H groups in total. The molecule has 0 radical (unpaired) electrons. The Morgan fingerprint density at radius 2 is 2.36 bits per heavy atom. The lowest BCUT2D eigenvalue weighted by Gasteiger charge is -2.23. The predicted octanol–water partition coefficient (Wildman–Crippen LogP) is 1.74. The Labute approximate surface area is 66.9 Å². The van der Waals surface area contributed by atoms with E-state index in [2.05, 4.69) is 6.92 Å². The van der Waals surface area contributed by atoms with Gasteiger partial charge in [0.25, 0.3) is 0 Å². The van der Waals surface area contributed by atoms with Crippen molar-refractivity contribution in [1.29, 1.82) is 0 Å². The molecule has 11 heavy (non-hydrogen) atoms. The molecule has 1 saturated carbocycles. The number of ether oxygens (including phenoxy) is 1. The lowest BCUT2D eigenvalue weighted by atomic mass is 9.78. The summed E-state index contributed by atoms with van der Waals surface area (Å²) in [6.07, 6.45) is 4.71. The van der Waals surface area contributed by atoms with Crippen molar-refractivity contribution in [3.8, 4) is 0 Å². The first-order valence-corrected chi connectivity index (χ1v) is 4.53. The second kappa shape index (κ2) is 2.50. The van der Waals surface area contributed by atoms with E-state index >= 15 is 0 Å². The Hall–Kier alpha value is -0.530. The normalized spacial score (nSPS) is 42.3. The van der Waals surface area contributed by atoms with E-state index in [9.17, 15) is 4.79 Å². The summed E-state index contributed by atoms with van der Waals surface area (Å²) >= 11 is 0. The SMILES string of the molecule is CCC1C2CCCC1C(=O)O2. The van der Waals surface area contributed by atoms with Crippen molar-refractivity contribution in [3.05, 3.63) is 0 Å². The van der Waals surface area contributed by atoms with E-state index in [1.807, 2.05) is 0 Å². The largest absolute Gasteiger partial charge is 0.462 e. The molecule has 0 aromatic carbocycles. The zero-order valence-electron chi connectivity index (χ0n) is 6.88. The molecule has 3 unspecified atom stereocenters. The number of hydrogen-bond donors (Lipinski definition) is 0. The summed E-state index contributed by atoms with van der Waals surface area (Å²) < 4.78 is 5.25. The van der Waals surface area contributed by atoms with Crippen LogP contribution in [-0.4, -0.2) is 12.1 Å². The van der Waals surface area contributed by atoms with Crippen LogP contribution in [0.15, 0.2) is 0 Å². The van der Waals surface area contributed by atoms with Gasteiger partial charge in [0.05, 0.1) is 5.92 Å². The van der Waals surface area contributed by atoms with Crippen LogP contribution in [0.5, 0.6) is 0 Å². The highest BCUT2D eigenvalue weighted by atomic mass is 16.6. The van der Waals surface area contributed by atoms with Gasteiger partial charge >= 0.3 is 5.97 Å². The van der Waals surface area contributed by atoms with Crippen LogP contribution in [0.3, 0.4) is 0 Å². The summed E-state index contributed by atoms with van der Waals surface area (Å²) in [7, 11) is 0. The molecule has 2 aliphatic rings. The van der Waals surface area contributed by atoms with Crippen LogP contribution in [0.4, 0.5) is 0 Å². The molecule has 1 aliphatic carbocycles. The Balaban J connectivity index is 2.17. The fraction of sp³-hybridized carbons (Fsp3) is 0.889. The maximum atomic E-state index is 11.2. The van der Waals surface area contributed by atoms with E-state index in [1.54, 1.807) is 0 Å². The van der Waals surface area contributed by atoms with Gasteiger partial charge in [-0.25, -0.2) is 0 Å². The van der Waals surface area contributed by atoms with Gasteiger partial charge in [-0.15, -0.1) is 0 Å². The summed E-state index contributed by atoms with van der Waals surface area (Å²) in [5.74, 6) is 0.856. The van der Waals surface area contributed by atoms with Gasteiger partial charge in [0.1, 0.15) is 6.10 Å². The van der Waals surface area contributed by atoms with Crippen molar-refractivity contribution >= 4 is 5.97 Å². The minimum atomic E-state index is 0.0688. The number of esters is 1. The average molecular weight is 154 g/mol. The van der Waals surface area contributed by atoms with E-state index < -0.39 is 0 Å². The molecule has 1 aliphatic heterocycles. The third-order valence-electron chi connectivity index (χ3n) is 3.04. The van der Waals surface area contributed by atoms with Crippen LogP contribution in [0.25, 0.3) is 0 Å². The molecular formula is C9H14O2. The molecule has 2 heteroatoms. The molecule has 0 aromatic heterocycles. The van der Waals surface area contributed by atoms with Crippen LogP contribution in [0.1, 0.15) is 32.6 Å². The highest BCUT2D eigenvalue weighted by Crippen LogP contribution is 2.40. The van der Waals surface area contributed by atoms with Gasteiger partial charge in [0, 0.05) is 5.92 Å². The predicted molar refractivity (Wildman–Crippen MR) is 41.0 cm³/mol. The van der Waals surface area contributed by atoms with Gasteiger partial charge in [0.15, 0.2) is 0 Å². The van der Waals surface area contributed by atoms with Crippen LogP contribution in [-0.2, 0) is 9.53 Å².